The number of imidazole rings is 1. The molecule has 1 fully saturated rings. The average molecular weight is 649 g/mol. The number of fused-ring (bicyclic) bond motifs is 1. The van der Waals surface area contributed by atoms with Gasteiger partial charge in [-0.1, -0.05) is 60.7 Å². The van der Waals surface area contributed by atoms with Gasteiger partial charge in [-0.25, -0.2) is 15.0 Å². The van der Waals surface area contributed by atoms with Gasteiger partial charge in [-0.2, -0.15) is 0 Å². The first-order chi connectivity index (χ1) is 22.6. The van der Waals surface area contributed by atoms with E-state index in [0.29, 0.717) is 16.7 Å². The summed E-state index contributed by atoms with van der Waals surface area (Å²) in [5.41, 5.74) is 7.94. The van der Waals surface area contributed by atoms with E-state index >= 15 is 0 Å². The quantitative estimate of drug-likeness (QED) is 0.0814. The number of aliphatic hydroxyl groups is 4. The van der Waals surface area contributed by atoms with E-state index in [9.17, 15) is 34.8 Å². The summed E-state index contributed by atoms with van der Waals surface area (Å²) < 4.78 is 6.62. The molecule has 2 aromatic heterocycles. The van der Waals surface area contributed by atoms with E-state index in [0.717, 1.165) is 5.56 Å². The van der Waals surface area contributed by atoms with Crippen LogP contribution in [-0.4, -0.2) is 107 Å². The van der Waals surface area contributed by atoms with Crippen LogP contribution >= 0.6 is 0 Å². The number of nitrogens with two attached hydrogens (primary N) is 1. The van der Waals surface area contributed by atoms with Crippen molar-refractivity contribution in [3.05, 3.63) is 84.4 Å². The molecular weight excluding hydrogens is 612 g/mol. The number of benzene rings is 2. The number of nitrogens with one attached hydrogen (secondary N) is 3. The Hall–Kier alpha value is -5.00. The predicted molar refractivity (Wildman–Crippen MR) is 166 cm³/mol. The van der Waals surface area contributed by atoms with E-state index in [1.807, 2.05) is 6.07 Å². The molecule has 3 amide bonds. The smallest absolute Gasteiger partial charge is 0.243 e. The molecular formula is C31H36N8O8. The maximum absolute atomic E-state index is 13.8. The van der Waals surface area contributed by atoms with Crippen molar-refractivity contribution in [2.45, 2.75) is 62.1 Å². The number of rotatable bonds is 12. The number of carbonyl (C=O) groups is 3. The molecule has 7 atom stereocenters. The standard InChI is InChI=1S/C31H36N8O8/c32-27-24-28(34-15-33-27)39(16-35-24)13-22(41)36-19(11-17-7-3-1-4-8-17)29(44)37-20(12-18-9-5-2-6-10-18)30(45)38-23-26(43)25(42)21(14-40)47-31(23)46/h1-10,15-16,19-21,23,25-26,31,40,42-43,46H,11-14H2,(H,36,41)(H,37,44)(H,38,45)(H2,32,33,34)/t19-,20-,21+,23+,25+,26+,31+/m0/s1. The minimum Gasteiger partial charge on any atom is -0.394 e. The van der Waals surface area contributed by atoms with Gasteiger partial charge in [-0.15, -0.1) is 0 Å². The van der Waals surface area contributed by atoms with Gasteiger partial charge in [0, 0.05) is 12.8 Å². The number of nitrogens with zero attached hydrogens (tertiary/aromatic N) is 4. The predicted octanol–water partition coefficient (Wildman–Crippen LogP) is -2.22. The maximum Gasteiger partial charge on any atom is 0.243 e. The van der Waals surface area contributed by atoms with Crippen LogP contribution in [0.5, 0.6) is 0 Å². The lowest BCUT2D eigenvalue weighted by Crippen LogP contribution is -2.66. The fraction of sp³-hybridized carbons (Fsp3) is 0.355. The van der Waals surface area contributed by atoms with Crippen molar-refractivity contribution in [3.63, 3.8) is 0 Å². The van der Waals surface area contributed by atoms with Crippen molar-refractivity contribution in [3.8, 4) is 0 Å². The Balaban J connectivity index is 1.35. The fourth-order valence-electron chi connectivity index (χ4n) is 5.32. The van der Waals surface area contributed by atoms with Gasteiger partial charge in [-0.05, 0) is 11.1 Å². The molecule has 2 aromatic carbocycles. The summed E-state index contributed by atoms with van der Waals surface area (Å²) in [6.07, 6.45) is -3.57. The molecule has 248 valence electrons. The van der Waals surface area contributed by atoms with Crippen LogP contribution in [-0.2, 0) is 38.5 Å². The van der Waals surface area contributed by atoms with Gasteiger partial charge >= 0.3 is 0 Å². The van der Waals surface area contributed by atoms with E-state index < -0.39 is 67.1 Å². The van der Waals surface area contributed by atoms with Crippen LogP contribution in [0.4, 0.5) is 5.82 Å². The van der Waals surface area contributed by atoms with Gasteiger partial charge in [0.25, 0.3) is 0 Å². The van der Waals surface area contributed by atoms with Crippen LogP contribution in [0.3, 0.4) is 0 Å². The Bertz CT molecular complexity index is 1670. The van der Waals surface area contributed by atoms with Gasteiger partial charge in [0.1, 0.15) is 54.8 Å². The number of hydrogen-bond acceptors (Lipinski definition) is 12. The molecule has 0 unspecified atom stereocenters. The van der Waals surface area contributed by atoms with E-state index in [-0.39, 0.29) is 25.2 Å². The SMILES string of the molecule is Nc1ncnc2c1ncn2CC(=O)N[C@@H](Cc1ccccc1)C(=O)N[C@@H](Cc1ccccc1)C(=O)N[C@@H]1[C@@H](O)[C@H](O)[C@@H](CO)O[C@H]1O. The molecule has 3 heterocycles. The maximum atomic E-state index is 13.8. The second-order valence-electron chi connectivity index (χ2n) is 11.1. The van der Waals surface area contributed by atoms with Crippen molar-refractivity contribution in [2.24, 2.45) is 0 Å². The normalized spacial score (nSPS) is 22.3. The molecule has 9 N–H and O–H groups in total. The lowest BCUT2D eigenvalue weighted by atomic mass is 9.96. The van der Waals surface area contributed by atoms with E-state index in [2.05, 4.69) is 30.9 Å². The minimum atomic E-state index is -1.76. The molecule has 0 radical (unpaired) electrons. The molecule has 0 aliphatic carbocycles. The number of carbonyl (C=O) groups excluding carboxylic acids is 3. The molecule has 5 rings (SSSR count). The number of anilines is 1. The van der Waals surface area contributed by atoms with E-state index in [1.54, 1.807) is 54.6 Å². The van der Waals surface area contributed by atoms with E-state index in [4.69, 9.17) is 10.5 Å². The highest BCUT2D eigenvalue weighted by Crippen LogP contribution is 2.20. The van der Waals surface area contributed by atoms with Crippen LogP contribution in [0, 0.1) is 0 Å². The third-order valence-electron chi connectivity index (χ3n) is 7.80. The molecule has 1 saturated heterocycles. The van der Waals surface area contributed by atoms with Crippen LogP contribution in [0.1, 0.15) is 11.1 Å². The highest BCUT2D eigenvalue weighted by atomic mass is 16.6. The highest BCUT2D eigenvalue weighted by molar-refractivity contribution is 5.93. The summed E-state index contributed by atoms with van der Waals surface area (Å²) in [7, 11) is 0. The third-order valence-corrected chi connectivity index (χ3v) is 7.80. The van der Waals surface area contributed by atoms with Crippen molar-refractivity contribution in [1.29, 1.82) is 0 Å². The third kappa shape index (κ3) is 8.05. The lowest BCUT2D eigenvalue weighted by molar-refractivity contribution is -0.254. The molecule has 4 aromatic rings. The number of aliphatic hydroxyl groups excluding tert-OH is 4. The first kappa shape index (κ1) is 33.4. The zero-order chi connectivity index (χ0) is 33.5. The molecule has 0 bridgehead atoms. The summed E-state index contributed by atoms with van der Waals surface area (Å²) in [6, 6.07) is 13.9. The van der Waals surface area contributed by atoms with Gasteiger partial charge in [0.05, 0.1) is 12.9 Å². The van der Waals surface area contributed by atoms with Crippen molar-refractivity contribution < 1.29 is 39.5 Å². The number of ether oxygens (including phenoxy) is 1. The number of nitrogen functional groups attached to an aromatic ring is 1. The molecule has 1 aliphatic heterocycles. The lowest BCUT2D eigenvalue weighted by Gasteiger charge is -2.40. The topological polar surface area (TPSA) is 247 Å². The van der Waals surface area contributed by atoms with Gasteiger partial charge < -0.3 is 51.4 Å². The Kier molecular flexibility index (Phi) is 10.7. The molecule has 0 saturated carbocycles. The summed E-state index contributed by atoms with van der Waals surface area (Å²) in [4.78, 5) is 52.9. The molecule has 1 aliphatic rings. The molecule has 16 nitrogen and oxygen atoms in total. The van der Waals surface area contributed by atoms with Crippen LogP contribution in [0.15, 0.2) is 73.3 Å². The largest absolute Gasteiger partial charge is 0.394 e. The summed E-state index contributed by atoms with van der Waals surface area (Å²) in [5, 5.41) is 48.6. The van der Waals surface area contributed by atoms with Crippen LogP contribution in [0.2, 0.25) is 0 Å². The second-order valence-corrected chi connectivity index (χ2v) is 11.1. The average Bonchev–Trinajstić information content (AvgIpc) is 3.48. The highest BCUT2D eigenvalue weighted by Gasteiger charge is 2.45. The number of amides is 3. The number of aromatic nitrogens is 4. The Morgan fingerprint density at radius 3 is 2.09 bits per heavy atom. The zero-order valence-electron chi connectivity index (χ0n) is 25.1. The fourth-order valence-corrected chi connectivity index (χ4v) is 5.32. The van der Waals surface area contributed by atoms with Crippen LogP contribution in [0.25, 0.3) is 11.2 Å². The van der Waals surface area contributed by atoms with Gasteiger partial charge in [-0.3, -0.25) is 14.4 Å². The summed E-state index contributed by atoms with van der Waals surface area (Å²) >= 11 is 0. The monoisotopic (exact) mass is 648 g/mol. The number of hydrogen-bond donors (Lipinski definition) is 8. The Morgan fingerprint density at radius 1 is 0.851 bits per heavy atom. The van der Waals surface area contributed by atoms with E-state index in [1.165, 1.54) is 17.2 Å². The first-order valence-corrected chi connectivity index (χ1v) is 14.8. The molecule has 16 heteroatoms. The van der Waals surface area contributed by atoms with Gasteiger partial charge in [0.2, 0.25) is 17.7 Å². The van der Waals surface area contributed by atoms with Gasteiger partial charge in [0.15, 0.2) is 17.8 Å². The summed E-state index contributed by atoms with van der Waals surface area (Å²) in [6.45, 7) is -0.913. The first-order valence-electron chi connectivity index (χ1n) is 14.8. The van der Waals surface area contributed by atoms with Crippen molar-refractivity contribution in [2.75, 3.05) is 12.3 Å². The Labute approximate surface area is 268 Å². The second kappa shape index (κ2) is 15.1. The van der Waals surface area contributed by atoms with Crippen molar-refractivity contribution >= 4 is 34.7 Å². The zero-order valence-corrected chi connectivity index (χ0v) is 25.1. The summed E-state index contributed by atoms with van der Waals surface area (Å²) in [5.74, 6) is -1.86. The minimum absolute atomic E-state index is 0.00809. The molecule has 0 spiro atoms. The Morgan fingerprint density at radius 2 is 1.47 bits per heavy atom. The van der Waals surface area contributed by atoms with Crippen molar-refractivity contribution in [1.82, 2.24) is 35.5 Å². The molecule has 47 heavy (non-hydrogen) atoms. The van der Waals surface area contributed by atoms with Crippen LogP contribution < -0.4 is 21.7 Å².